The molecule has 4 N–H and O–H groups in total. The normalized spacial score (nSPS) is 20.8. The van der Waals surface area contributed by atoms with Crippen molar-refractivity contribution >= 4 is 12.0 Å². The molecule has 1 aliphatic carbocycles. The summed E-state index contributed by atoms with van der Waals surface area (Å²) in [5, 5.41) is 23.7. The molecule has 1 unspecified atom stereocenters. The third-order valence-corrected chi connectivity index (χ3v) is 3.90. The van der Waals surface area contributed by atoms with Crippen molar-refractivity contribution in [3.8, 4) is 0 Å². The highest BCUT2D eigenvalue weighted by atomic mass is 16.4. The molecule has 0 spiro atoms. The van der Waals surface area contributed by atoms with Gasteiger partial charge in [-0.2, -0.15) is 0 Å². The largest absolute Gasteiger partial charge is 0.481 e. The number of rotatable bonds is 6. The van der Waals surface area contributed by atoms with E-state index in [1.54, 1.807) is 0 Å². The van der Waals surface area contributed by atoms with Crippen LogP contribution < -0.4 is 10.6 Å². The van der Waals surface area contributed by atoms with Crippen molar-refractivity contribution in [2.45, 2.75) is 58.0 Å². The number of carboxylic acid groups (broad SMARTS) is 1. The number of carbonyl (C=O) groups excluding carboxylic acids is 1. The summed E-state index contributed by atoms with van der Waals surface area (Å²) in [6, 6.07) is -0.359. The van der Waals surface area contributed by atoms with Gasteiger partial charge in [-0.3, -0.25) is 4.79 Å². The standard InChI is InChI=1S/C14H26N2O4/c1-13(6-4-3-5-7-13)9-15-12(19)16-10-14(2,20)8-11(17)18/h20H,3-10H2,1-2H3,(H,17,18)(H2,15,16,19). The van der Waals surface area contributed by atoms with Crippen LogP contribution >= 0.6 is 0 Å². The van der Waals surface area contributed by atoms with Gasteiger partial charge in [0.1, 0.15) is 0 Å². The maximum atomic E-state index is 11.7. The number of nitrogens with one attached hydrogen (secondary N) is 2. The minimum absolute atomic E-state index is 0.0815. The molecule has 6 nitrogen and oxygen atoms in total. The molecular formula is C14H26N2O4. The Kier molecular flexibility index (Phi) is 5.80. The van der Waals surface area contributed by atoms with Crippen LogP contribution in [0.1, 0.15) is 52.4 Å². The molecule has 0 aromatic heterocycles. The van der Waals surface area contributed by atoms with Gasteiger partial charge in [-0.1, -0.05) is 26.2 Å². The summed E-state index contributed by atoms with van der Waals surface area (Å²) in [4.78, 5) is 22.2. The van der Waals surface area contributed by atoms with Crippen LogP contribution in [0, 0.1) is 5.41 Å². The zero-order valence-corrected chi connectivity index (χ0v) is 12.4. The van der Waals surface area contributed by atoms with Crippen molar-refractivity contribution in [3.63, 3.8) is 0 Å². The van der Waals surface area contributed by atoms with Crippen LogP contribution in [0.3, 0.4) is 0 Å². The molecule has 0 aliphatic heterocycles. The summed E-state index contributed by atoms with van der Waals surface area (Å²) in [7, 11) is 0. The van der Waals surface area contributed by atoms with Gasteiger partial charge >= 0.3 is 12.0 Å². The molecular weight excluding hydrogens is 260 g/mol. The molecule has 0 aromatic carbocycles. The predicted octanol–water partition coefficient (Wildman–Crippen LogP) is 1.48. The Labute approximate surface area is 119 Å². The highest BCUT2D eigenvalue weighted by molar-refractivity contribution is 5.74. The van der Waals surface area contributed by atoms with E-state index >= 15 is 0 Å². The molecule has 1 rings (SSSR count). The van der Waals surface area contributed by atoms with E-state index in [0.717, 1.165) is 12.8 Å². The number of hydrogen-bond donors (Lipinski definition) is 4. The molecule has 6 heteroatoms. The molecule has 116 valence electrons. The highest BCUT2D eigenvalue weighted by Gasteiger charge is 2.28. The van der Waals surface area contributed by atoms with Crippen molar-refractivity contribution in [1.29, 1.82) is 0 Å². The molecule has 20 heavy (non-hydrogen) atoms. The fourth-order valence-electron chi connectivity index (χ4n) is 2.60. The lowest BCUT2D eigenvalue weighted by Crippen LogP contribution is -2.48. The first-order chi connectivity index (χ1) is 9.22. The number of amides is 2. The molecule has 0 radical (unpaired) electrons. The van der Waals surface area contributed by atoms with Gasteiger partial charge in [-0.15, -0.1) is 0 Å². The van der Waals surface area contributed by atoms with Crippen molar-refractivity contribution in [1.82, 2.24) is 10.6 Å². The molecule has 0 saturated heterocycles. The SMILES string of the molecule is CC(O)(CNC(=O)NCC1(C)CCCCC1)CC(=O)O. The molecule has 1 aliphatic rings. The number of aliphatic hydroxyl groups is 1. The summed E-state index contributed by atoms with van der Waals surface area (Å²) < 4.78 is 0. The van der Waals surface area contributed by atoms with E-state index < -0.39 is 18.0 Å². The van der Waals surface area contributed by atoms with Crippen LogP contribution in [-0.2, 0) is 4.79 Å². The number of hydrogen-bond acceptors (Lipinski definition) is 3. The fourth-order valence-corrected chi connectivity index (χ4v) is 2.60. The average Bonchev–Trinajstić information content (AvgIpc) is 2.33. The lowest BCUT2D eigenvalue weighted by atomic mass is 9.76. The van der Waals surface area contributed by atoms with Gasteiger partial charge in [-0.25, -0.2) is 4.79 Å². The lowest BCUT2D eigenvalue weighted by molar-refractivity contribution is -0.141. The molecule has 1 saturated carbocycles. The van der Waals surface area contributed by atoms with Crippen molar-refractivity contribution in [3.05, 3.63) is 0 Å². The molecule has 1 atom stereocenters. The van der Waals surface area contributed by atoms with Crippen LogP contribution in [-0.4, -0.2) is 40.9 Å². The Hall–Kier alpha value is -1.30. The van der Waals surface area contributed by atoms with Gasteiger partial charge < -0.3 is 20.8 Å². The predicted molar refractivity (Wildman–Crippen MR) is 75.5 cm³/mol. The summed E-state index contributed by atoms with van der Waals surface area (Å²) in [6.45, 7) is 4.10. The third-order valence-electron chi connectivity index (χ3n) is 3.90. The van der Waals surface area contributed by atoms with E-state index in [9.17, 15) is 14.7 Å². The van der Waals surface area contributed by atoms with Gasteiger partial charge in [-0.05, 0) is 25.2 Å². The van der Waals surface area contributed by atoms with Crippen molar-refractivity contribution in [2.75, 3.05) is 13.1 Å². The maximum Gasteiger partial charge on any atom is 0.314 e. The topological polar surface area (TPSA) is 98.7 Å². The first-order valence-electron chi connectivity index (χ1n) is 7.18. The Balaban J connectivity index is 2.28. The summed E-state index contributed by atoms with van der Waals surface area (Å²) in [6.07, 6.45) is 5.50. The Morgan fingerprint density at radius 3 is 2.35 bits per heavy atom. The smallest absolute Gasteiger partial charge is 0.314 e. The molecule has 2 amide bonds. The number of aliphatic carboxylic acids is 1. The van der Waals surface area contributed by atoms with Crippen LogP contribution in [0.15, 0.2) is 0 Å². The van der Waals surface area contributed by atoms with Crippen LogP contribution in [0.5, 0.6) is 0 Å². The average molecular weight is 286 g/mol. The second-order valence-electron chi connectivity index (χ2n) is 6.48. The number of carboxylic acids is 1. The fraction of sp³-hybridized carbons (Fsp3) is 0.857. The Morgan fingerprint density at radius 2 is 1.80 bits per heavy atom. The first kappa shape index (κ1) is 16.8. The van der Waals surface area contributed by atoms with E-state index in [4.69, 9.17) is 5.11 Å². The minimum atomic E-state index is -1.43. The van der Waals surface area contributed by atoms with Gasteiger partial charge in [0, 0.05) is 13.1 Å². The minimum Gasteiger partial charge on any atom is -0.481 e. The molecule has 0 bridgehead atoms. The van der Waals surface area contributed by atoms with Crippen LogP contribution in [0.25, 0.3) is 0 Å². The summed E-state index contributed by atoms with van der Waals surface area (Å²) in [5.74, 6) is -1.09. The van der Waals surface area contributed by atoms with E-state index in [2.05, 4.69) is 17.6 Å². The van der Waals surface area contributed by atoms with Gasteiger partial charge in [0.2, 0.25) is 0 Å². The van der Waals surface area contributed by atoms with Crippen molar-refractivity contribution < 1.29 is 19.8 Å². The molecule has 1 fully saturated rings. The van der Waals surface area contributed by atoms with E-state index in [1.165, 1.54) is 26.2 Å². The quantitative estimate of drug-likeness (QED) is 0.594. The van der Waals surface area contributed by atoms with Crippen LogP contribution in [0.2, 0.25) is 0 Å². The summed E-state index contributed by atoms with van der Waals surface area (Å²) >= 11 is 0. The van der Waals surface area contributed by atoms with Crippen molar-refractivity contribution in [2.24, 2.45) is 5.41 Å². The number of urea groups is 1. The van der Waals surface area contributed by atoms with E-state index in [0.29, 0.717) is 6.54 Å². The zero-order valence-electron chi connectivity index (χ0n) is 12.4. The van der Waals surface area contributed by atoms with Gasteiger partial charge in [0.05, 0.1) is 12.0 Å². The van der Waals surface area contributed by atoms with Crippen LogP contribution in [0.4, 0.5) is 4.79 Å². The highest BCUT2D eigenvalue weighted by Crippen LogP contribution is 2.34. The van der Waals surface area contributed by atoms with Gasteiger partial charge in [0.15, 0.2) is 0 Å². The zero-order chi connectivity index (χ0) is 15.2. The Bertz CT molecular complexity index is 349. The second-order valence-corrected chi connectivity index (χ2v) is 6.48. The number of carbonyl (C=O) groups is 2. The maximum absolute atomic E-state index is 11.7. The summed E-state index contributed by atoms with van der Waals surface area (Å²) in [5.41, 5.74) is -1.28. The van der Waals surface area contributed by atoms with Gasteiger partial charge in [0.25, 0.3) is 0 Å². The molecule has 0 aromatic rings. The van der Waals surface area contributed by atoms with E-state index in [-0.39, 0.29) is 18.0 Å². The second kappa shape index (κ2) is 6.92. The lowest BCUT2D eigenvalue weighted by Gasteiger charge is -2.33. The first-order valence-corrected chi connectivity index (χ1v) is 7.18. The van der Waals surface area contributed by atoms with E-state index in [1.807, 2.05) is 0 Å². The Morgan fingerprint density at radius 1 is 1.20 bits per heavy atom. The monoisotopic (exact) mass is 286 g/mol. The molecule has 0 heterocycles. The third kappa shape index (κ3) is 6.23.